The van der Waals surface area contributed by atoms with E-state index in [1.54, 1.807) is 53.4 Å². The number of amides is 2. The van der Waals surface area contributed by atoms with Crippen LogP contribution < -0.4 is 10.2 Å². The van der Waals surface area contributed by atoms with Crippen molar-refractivity contribution in [3.63, 3.8) is 0 Å². The van der Waals surface area contributed by atoms with Crippen molar-refractivity contribution in [3.8, 4) is 0 Å². The predicted octanol–water partition coefficient (Wildman–Crippen LogP) is 2.94. The number of carbonyl (C=O) groups is 3. The zero-order valence-corrected chi connectivity index (χ0v) is 13.4. The van der Waals surface area contributed by atoms with Crippen molar-refractivity contribution < 1.29 is 14.4 Å². The maximum Gasteiger partial charge on any atom is 0.296 e. The number of hydrogen-bond acceptors (Lipinski definition) is 3. The molecule has 0 aliphatic carbocycles. The van der Waals surface area contributed by atoms with E-state index in [0.29, 0.717) is 29.9 Å². The summed E-state index contributed by atoms with van der Waals surface area (Å²) in [7, 11) is 0. The summed E-state index contributed by atoms with van der Waals surface area (Å²) < 4.78 is 0. The lowest BCUT2D eigenvalue weighted by atomic mass is 10.1. The van der Waals surface area contributed by atoms with Crippen LogP contribution in [0.4, 0.5) is 11.4 Å². The van der Waals surface area contributed by atoms with Gasteiger partial charge in [-0.1, -0.05) is 42.0 Å². The Bertz CT molecular complexity index is 797. The van der Waals surface area contributed by atoms with Crippen LogP contribution in [0.25, 0.3) is 0 Å². The second-order valence-corrected chi connectivity index (χ2v) is 5.82. The third-order valence-corrected chi connectivity index (χ3v) is 4.04. The Morgan fingerprint density at radius 1 is 1.04 bits per heavy atom. The average molecular weight is 322 g/mol. The van der Waals surface area contributed by atoms with Gasteiger partial charge in [0.05, 0.1) is 11.4 Å². The molecule has 1 heterocycles. The summed E-state index contributed by atoms with van der Waals surface area (Å²) in [5.41, 5.74) is 2.46. The van der Waals surface area contributed by atoms with Crippen LogP contribution in [0.15, 0.2) is 48.5 Å². The quantitative estimate of drug-likeness (QED) is 0.695. The lowest BCUT2D eigenvalue weighted by Crippen LogP contribution is -2.27. The Kier molecular flexibility index (Phi) is 4.42. The number of nitrogens with zero attached hydrogens (tertiary/aromatic N) is 1. The molecular formula is C19H18N2O3. The topological polar surface area (TPSA) is 66.5 Å². The van der Waals surface area contributed by atoms with Crippen molar-refractivity contribution in [3.05, 3.63) is 59.7 Å². The monoisotopic (exact) mass is 322 g/mol. The van der Waals surface area contributed by atoms with Crippen LogP contribution in [-0.4, -0.2) is 24.1 Å². The van der Waals surface area contributed by atoms with E-state index in [-0.39, 0.29) is 5.91 Å². The minimum absolute atomic E-state index is 0.0292. The number of aryl methyl sites for hydroxylation is 1. The summed E-state index contributed by atoms with van der Waals surface area (Å²) in [5.74, 6) is -1.28. The van der Waals surface area contributed by atoms with Crippen LogP contribution in [-0.2, 0) is 9.59 Å². The fourth-order valence-corrected chi connectivity index (χ4v) is 2.73. The van der Waals surface area contributed by atoms with Crippen LogP contribution in [0.3, 0.4) is 0 Å². The number of nitrogens with one attached hydrogen (secondary N) is 1. The number of para-hydroxylation sites is 2. The van der Waals surface area contributed by atoms with Gasteiger partial charge in [-0.15, -0.1) is 0 Å². The van der Waals surface area contributed by atoms with Crippen LogP contribution in [0, 0.1) is 6.92 Å². The molecule has 0 aromatic heterocycles. The third-order valence-electron chi connectivity index (χ3n) is 4.04. The molecule has 0 bridgehead atoms. The van der Waals surface area contributed by atoms with Crippen molar-refractivity contribution in [1.29, 1.82) is 0 Å². The zero-order chi connectivity index (χ0) is 17.1. The Labute approximate surface area is 140 Å². The van der Waals surface area contributed by atoms with Gasteiger partial charge in [0.1, 0.15) is 0 Å². The first-order chi connectivity index (χ1) is 11.6. The van der Waals surface area contributed by atoms with Gasteiger partial charge in [0, 0.05) is 18.5 Å². The number of rotatable bonds is 4. The van der Waals surface area contributed by atoms with E-state index in [1.165, 1.54) is 0 Å². The standard InChI is InChI=1S/C19H18N2O3/c1-13-8-10-14(11-9-13)18(23)19(24)20-15-5-2-3-6-16(15)21-12-4-7-17(21)22/h2-3,5-6,8-11H,4,7,12H2,1H3,(H,20,24). The molecule has 0 unspecified atom stereocenters. The molecule has 1 saturated heterocycles. The van der Waals surface area contributed by atoms with Gasteiger partial charge in [-0.3, -0.25) is 14.4 Å². The van der Waals surface area contributed by atoms with Crippen molar-refractivity contribution in [2.45, 2.75) is 19.8 Å². The Morgan fingerprint density at radius 3 is 2.42 bits per heavy atom. The molecule has 1 fully saturated rings. The fraction of sp³-hybridized carbons (Fsp3) is 0.211. The highest BCUT2D eigenvalue weighted by atomic mass is 16.2. The van der Waals surface area contributed by atoms with Gasteiger partial charge in [-0.2, -0.15) is 0 Å². The van der Waals surface area contributed by atoms with E-state index in [0.717, 1.165) is 12.0 Å². The van der Waals surface area contributed by atoms with E-state index in [2.05, 4.69) is 5.32 Å². The number of carbonyl (C=O) groups excluding carboxylic acids is 3. The highest BCUT2D eigenvalue weighted by Gasteiger charge is 2.25. The van der Waals surface area contributed by atoms with Gasteiger partial charge in [0.2, 0.25) is 5.91 Å². The minimum Gasteiger partial charge on any atom is -0.317 e. The molecule has 2 aromatic carbocycles. The largest absolute Gasteiger partial charge is 0.317 e. The second-order valence-electron chi connectivity index (χ2n) is 5.82. The van der Waals surface area contributed by atoms with Crippen molar-refractivity contribution >= 4 is 29.0 Å². The van der Waals surface area contributed by atoms with Gasteiger partial charge >= 0.3 is 0 Å². The van der Waals surface area contributed by atoms with Gasteiger partial charge in [-0.25, -0.2) is 0 Å². The molecule has 24 heavy (non-hydrogen) atoms. The first-order valence-corrected chi connectivity index (χ1v) is 7.88. The number of Topliss-reactive ketones (excluding diaryl/α,β-unsaturated/α-hetero) is 1. The van der Waals surface area contributed by atoms with Crippen molar-refractivity contribution in [1.82, 2.24) is 0 Å². The molecule has 0 atom stereocenters. The van der Waals surface area contributed by atoms with E-state index in [4.69, 9.17) is 0 Å². The SMILES string of the molecule is Cc1ccc(C(=O)C(=O)Nc2ccccc2N2CCCC2=O)cc1. The Hall–Kier alpha value is -2.95. The summed E-state index contributed by atoms with van der Waals surface area (Å²) in [6.07, 6.45) is 1.30. The first kappa shape index (κ1) is 15.9. The molecule has 2 amide bonds. The maximum absolute atomic E-state index is 12.3. The van der Waals surface area contributed by atoms with Crippen LogP contribution in [0.2, 0.25) is 0 Å². The number of hydrogen-bond donors (Lipinski definition) is 1. The number of anilines is 2. The highest BCUT2D eigenvalue weighted by molar-refractivity contribution is 6.46. The third kappa shape index (κ3) is 3.20. The van der Waals surface area contributed by atoms with Crippen LogP contribution in [0.1, 0.15) is 28.8 Å². The molecule has 1 aliphatic heterocycles. The van der Waals surface area contributed by atoms with E-state index >= 15 is 0 Å². The summed E-state index contributed by atoms with van der Waals surface area (Å²) >= 11 is 0. The van der Waals surface area contributed by atoms with E-state index in [9.17, 15) is 14.4 Å². The van der Waals surface area contributed by atoms with Gasteiger partial charge in [0.15, 0.2) is 0 Å². The molecule has 0 saturated carbocycles. The van der Waals surface area contributed by atoms with Gasteiger partial charge < -0.3 is 10.2 Å². The van der Waals surface area contributed by atoms with Gasteiger partial charge in [-0.05, 0) is 25.5 Å². The summed E-state index contributed by atoms with van der Waals surface area (Å²) in [6, 6.07) is 13.9. The molecule has 1 aliphatic rings. The molecular weight excluding hydrogens is 304 g/mol. The number of ketones is 1. The van der Waals surface area contributed by atoms with Crippen LogP contribution in [0.5, 0.6) is 0 Å². The van der Waals surface area contributed by atoms with E-state index < -0.39 is 11.7 Å². The fourth-order valence-electron chi connectivity index (χ4n) is 2.73. The second kappa shape index (κ2) is 6.66. The van der Waals surface area contributed by atoms with Gasteiger partial charge in [0.25, 0.3) is 11.7 Å². The van der Waals surface area contributed by atoms with Crippen LogP contribution >= 0.6 is 0 Å². The molecule has 5 nitrogen and oxygen atoms in total. The lowest BCUT2D eigenvalue weighted by molar-refractivity contribution is -0.117. The molecule has 2 aromatic rings. The normalized spacial score (nSPS) is 13.9. The predicted molar refractivity (Wildman–Crippen MR) is 92.2 cm³/mol. The minimum atomic E-state index is -0.710. The smallest absolute Gasteiger partial charge is 0.296 e. The van der Waals surface area contributed by atoms with Crippen molar-refractivity contribution in [2.24, 2.45) is 0 Å². The number of benzene rings is 2. The molecule has 0 radical (unpaired) electrons. The Balaban J connectivity index is 1.81. The summed E-state index contributed by atoms with van der Waals surface area (Å²) in [5, 5.41) is 2.64. The zero-order valence-electron chi connectivity index (χ0n) is 13.4. The summed E-state index contributed by atoms with van der Waals surface area (Å²) in [4.78, 5) is 38.1. The molecule has 1 N–H and O–H groups in total. The lowest BCUT2D eigenvalue weighted by Gasteiger charge is -2.19. The average Bonchev–Trinajstić information content (AvgIpc) is 3.01. The van der Waals surface area contributed by atoms with E-state index in [1.807, 2.05) is 6.92 Å². The molecule has 5 heteroatoms. The molecule has 3 rings (SSSR count). The Morgan fingerprint density at radius 2 is 1.75 bits per heavy atom. The maximum atomic E-state index is 12.3. The first-order valence-electron chi connectivity index (χ1n) is 7.88. The van der Waals surface area contributed by atoms with Crippen molar-refractivity contribution in [2.75, 3.05) is 16.8 Å². The molecule has 0 spiro atoms. The highest BCUT2D eigenvalue weighted by Crippen LogP contribution is 2.29. The summed E-state index contributed by atoms with van der Waals surface area (Å²) in [6.45, 7) is 2.54. The molecule has 122 valence electrons.